The Hall–Kier alpha value is -1.78. The van der Waals surface area contributed by atoms with Gasteiger partial charge in [0.2, 0.25) is 0 Å². The van der Waals surface area contributed by atoms with Crippen LogP contribution in [0.15, 0.2) is 18.5 Å². The molecule has 1 heterocycles. The molecule has 0 fully saturated rings. The smallest absolute Gasteiger partial charge is 0.161 e. The molecule has 0 aliphatic rings. The lowest BCUT2D eigenvalue weighted by molar-refractivity contribution is -0.119. The van der Waals surface area contributed by atoms with Gasteiger partial charge in [0.05, 0.1) is 23.9 Å². The highest BCUT2D eigenvalue weighted by atomic mass is 19.2. The minimum absolute atomic E-state index is 0.0523. The number of halogens is 2. The average Bonchev–Trinajstić information content (AvgIpc) is 2.63. The van der Waals surface area contributed by atoms with Gasteiger partial charge in [0, 0.05) is 18.6 Å². The monoisotopic (exact) mass is 238 g/mol. The van der Waals surface area contributed by atoms with E-state index in [4.69, 9.17) is 0 Å². The fraction of sp³-hybridized carbons (Fsp3) is 0.333. The molecule has 0 unspecified atom stereocenters. The number of Topliss-reactive ketones (excluding diaryl/α,β-unsaturated/α-hetero) is 1. The molecule has 1 aromatic carbocycles. The van der Waals surface area contributed by atoms with Crippen molar-refractivity contribution in [1.29, 1.82) is 0 Å². The Morgan fingerprint density at radius 2 is 2.06 bits per heavy atom. The summed E-state index contributed by atoms with van der Waals surface area (Å²) in [7, 11) is 0. The molecule has 0 aliphatic heterocycles. The number of hydrogen-bond donors (Lipinski definition) is 0. The first kappa shape index (κ1) is 11.7. The second-order valence-electron chi connectivity index (χ2n) is 3.92. The van der Waals surface area contributed by atoms with Crippen LogP contribution in [0.4, 0.5) is 8.78 Å². The Bertz CT molecular complexity index is 563. The zero-order valence-electron chi connectivity index (χ0n) is 9.41. The summed E-state index contributed by atoms with van der Waals surface area (Å²) in [5, 5.41) is 0. The Balaban J connectivity index is 2.36. The minimum atomic E-state index is -0.929. The van der Waals surface area contributed by atoms with E-state index in [0.717, 1.165) is 18.6 Å². The fourth-order valence-electron chi connectivity index (χ4n) is 1.73. The van der Waals surface area contributed by atoms with Gasteiger partial charge in [-0.05, 0) is 6.42 Å². The van der Waals surface area contributed by atoms with E-state index in [-0.39, 0.29) is 12.3 Å². The summed E-state index contributed by atoms with van der Waals surface area (Å²) in [6, 6.07) is 2.10. The molecule has 1 aromatic heterocycles. The van der Waals surface area contributed by atoms with Crippen molar-refractivity contribution in [2.75, 3.05) is 0 Å². The lowest BCUT2D eigenvalue weighted by Gasteiger charge is -2.03. The van der Waals surface area contributed by atoms with E-state index in [1.54, 1.807) is 0 Å². The molecule has 0 spiro atoms. The molecule has 0 saturated heterocycles. The van der Waals surface area contributed by atoms with Crippen LogP contribution in [-0.2, 0) is 11.3 Å². The van der Waals surface area contributed by atoms with Crippen molar-refractivity contribution < 1.29 is 13.6 Å². The number of rotatable bonds is 4. The molecule has 2 rings (SSSR count). The van der Waals surface area contributed by atoms with Gasteiger partial charge in [-0.1, -0.05) is 6.92 Å². The topological polar surface area (TPSA) is 34.9 Å². The standard InChI is InChI=1S/C12H12F2N2O/c1-2-3-8(17)6-16-7-15-11-4-9(13)10(14)5-12(11)16/h4-5,7H,2-3,6H2,1H3. The number of nitrogens with zero attached hydrogens (tertiary/aromatic N) is 2. The normalized spacial score (nSPS) is 11.0. The first-order valence-electron chi connectivity index (χ1n) is 5.43. The van der Waals surface area contributed by atoms with Crippen molar-refractivity contribution in [3.05, 3.63) is 30.1 Å². The lowest BCUT2D eigenvalue weighted by atomic mass is 10.2. The summed E-state index contributed by atoms with van der Waals surface area (Å²) in [5.41, 5.74) is 0.793. The molecule has 3 nitrogen and oxygen atoms in total. The van der Waals surface area contributed by atoms with Crippen molar-refractivity contribution >= 4 is 16.8 Å². The van der Waals surface area contributed by atoms with Crippen LogP contribution in [-0.4, -0.2) is 15.3 Å². The summed E-state index contributed by atoms with van der Waals surface area (Å²) >= 11 is 0. The largest absolute Gasteiger partial charge is 0.323 e. The third kappa shape index (κ3) is 2.33. The van der Waals surface area contributed by atoms with Gasteiger partial charge in [0.15, 0.2) is 17.4 Å². The molecular weight excluding hydrogens is 226 g/mol. The molecule has 0 aliphatic carbocycles. The van der Waals surface area contributed by atoms with Gasteiger partial charge in [0.25, 0.3) is 0 Å². The van der Waals surface area contributed by atoms with Crippen molar-refractivity contribution in [2.24, 2.45) is 0 Å². The number of aromatic nitrogens is 2. The van der Waals surface area contributed by atoms with Crippen molar-refractivity contribution in [3.63, 3.8) is 0 Å². The Morgan fingerprint density at radius 1 is 1.35 bits per heavy atom. The number of hydrogen-bond acceptors (Lipinski definition) is 2. The van der Waals surface area contributed by atoms with Gasteiger partial charge in [-0.3, -0.25) is 4.79 Å². The molecule has 90 valence electrons. The minimum Gasteiger partial charge on any atom is -0.323 e. The maximum atomic E-state index is 13.1. The van der Waals surface area contributed by atoms with Gasteiger partial charge in [-0.15, -0.1) is 0 Å². The van der Waals surface area contributed by atoms with Crippen molar-refractivity contribution in [3.8, 4) is 0 Å². The van der Waals surface area contributed by atoms with Gasteiger partial charge < -0.3 is 4.57 Å². The number of carbonyl (C=O) groups is 1. The third-order valence-corrected chi connectivity index (χ3v) is 2.54. The van der Waals surface area contributed by atoms with Gasteiger partial charge in [0.1, 0.15) is 0 Å². The molecular formula is C12H12F2N2O. The maximum absolute atomic E-state index is 13.1. The van der Waals surface area contributed by atoms with E-state index in [1.165, 1.54) is 10.9 Å². The van der Waals surface area contributed by atoms with Crippen LogP contribution in [0.5, 0.6) is 0 Å². The highest BCUT2D eigenvalue weighted by molar-refractivity contribution is 5.81. The maximum Gasteiger partial charge on any atom is 0.161 e. The van der Waals surface area contributed by atoms with Crippen LogP contribution >= 0.6 is 0 Å². The Kier molecular flexibility index (Phi) is 3.17. The van der Waals surface area contributed by atoms with E-state index >= 15 is 0 Å². The van der Waals surface area contributed by atoms with Gasteiger partial charge in [-0.25, -0.2) is 13.8 Å². The summed E-state index contributed by atoms with van der Waals surface area (Å²) in [4.78, 5) is 15.4. The molecule has 5 heteroatoms. The molecule has 0 N–H and O–H groups in total. The number of benzene rings is 1. The fourth-order valence-corrected chi connectivity index (χ4v) is 1.73. The van der Waals surface area contributed by atoms with Crippen molar-refractivity contribution in [1.82, 2.24) is 9.55 Å². The molecule has 0 saturated carbocycles. The summed E-state index contributed by atoms with van der Waals surface area (Å²) < 4.78 is 27.6. The number of carbonyl (C=O) groups excluding carboxylic acids is 1. The van der Waals surface area contributed by atoms with Crippen LogP contribution in [0.25, 0.3) is 11.0 Å². The van der Waals surface area contributed by atoms with Crippen LogP contribution in [0, 0.1) is 11.6 Å². The molecule has 17 heavy (non-hydrogen) atoms. The summed E-state index contributed by atoms with van der Waals surface area (Å²) in [6.07, 6.45) is 2.68. The predicted octanol–water partition coefficient (Wildman–Crippen LogP) is 2.68. The van der Waals surface area contributed by atoms with Gasteiger partial charge in [-0.2, -0.15) is 0 Å². The molecule has 0 radical (unpaired) electrons. The average molecular weight is 238 g/mol. The highest BCUT2D eigenvalue weighted by Gasteiger charge is 2.10. The third-order valence-electron chi connectivity index (χ3n) is 2.54. The second kappa shape index (κ2) is 4.61. The van der Waals surface area contributed by atoms with Crippen LogP contribution < -0.4 is 0 Å². The first-order chi connectivity index (χ1) is 8.11. The van der Waals surface area contributed by atoms with E-state index in [9.17, 15) is 13.6 Å². The predicted molar refractivity (Wildman–Crippen MR) is 59.6 cm³/mol. The second-order valence-corrected chi connectivity index (χ2v) is 3.92. The number of ketones is 1. The van der Waals surface area contributed by atoms with Crippen LogP contribution in [0.1, 0.15) is 19.8 Å². The van der Waals surface area contributed by atoms with E-state index in [1.807, 2.05) is 6.92 Å². The van der Waals surface area contributed by atoms with Gasteiger partial charge >= 0.3 is 0 Å². The lowest BCUT2D eigenvalue weighted by Crippen LogP contribution is -2.08. The first-order valence-corrected chi connectivity index (χ1v) is 5.43. The zero-order chi connectivity index (χ0) is 12.4. The SMILES string of the molecule is CCCC(=O)Cn1cnc2cc(F)c(F)cc21. The Labute approximate surface area is 97.1 Å². The zero-order valence-corrected chi connectivity index (χ0v) is 9.41. The van der Waals surface area contributed by atoms with Crippen molar-refractivity contribution in [2.45, 2.75) is 26.3 Å². The summed E-state index contributed by atoms with van der Waals surface area (Å²) in [6.45, 7) is 2.06. The number of fused-ring (bicyclic) bond motifs is 1. The van der Waals surface area contributed by atoms with E-state index in [0.29, 0.717) is 17.5 Å². The van der Waals surface area contributed by atoms with E-state index < -0.39 is 11.6 Å². The Morgan fingerprint density at radius 3 is 2.76 bits per heavy atom. The van der Waals surface area contributed by atoms with E-state index in [2.05, 4.69) is 4.98 Å². The number of imidazole rings is 1. The molecule has 2 aromatic rings. The molecule has 0 atom stereocenters. The highest BCUT2D eigenvalue weighted by Crippen LogP contribution is 2.17. The quantitative estimate of drug-likeness (QED) is 0.820. The van der Waals surface area contributed by atoms with Crippen LogP contribution in [0.3, 0.4) is 0 Å². The summed E-state index contributed by atoms with van der Waals surface area (Å²) in [5.74, 6) is -1.80. The molecule has 0 amide bonds. The molecule has 0 bridgehead atoms. The van der Waals surface area contributed by atoms with Crippen LogP contribution in [0.2, 0.25) is 0 Å².